The molecule has 1 aromatic carbocycles. The summed E-state index contributed by atoms with van der Waals surface area (Å²) in [5.74, 6) is -0.179. The van der Waals surface area contributed by atoms with Gasteiger partial charge in [-0.05, 0) is 37.1 Å². The molecule has 0 bridgehead atoms. The van der Waals surface area contributed by atoms with Crippen LogP contribution in [0.15, 0.2) is 35.1 Å². The highest BCUT2D eigenvalue weighted by Gasteiger charge is 2.17. The first kappa shape index (κ1) is 19.2. The summed E-state index contributed by atoms with van der Waals surface area (Å²) >= 11 is 7.20. The van der Waals surface area contributed by atoms with Crippen LogP contribution in [0, 0.1) is 12.8 Å². The molecule has 0 fully saturated rings. The van der Waals surface area contributed by atoms with Gasteiger partial charge in [0.2, 0.25) is 10.6 Å². The van der Waals surface area contributed by atoms with Crippen LogP contribution in [0.3, 0.4) is 0 Å². The first-order valence-corrected chi connectivity index (χ1v) is 9.53. The average Bonchev–Trinajstić information content (AvgIpc) is 3.02. The van der Waals surface area contributed by atoms with Gasteiger partial charge in [0.05, 0.1) is 5.69 Å². The summed E-state index contributed by atoms with van der Waals surface area (Å²) in [4.78, 5) is 24.8. The fourth-order valence-electron chi connectivity index (χ4n) is 2.44. The average molecular weight is 404 g/mol. The molecular formula is C18H18ClN5O2S. The van der Waals surface area contributed by atoms with E-state index in [1.54, 1.807) is 31.2 Å². The van der Waals surface area contributed by atoms with E-state index in [0.717, 1.165) is 11.4 Å². The fraction of sp³-hybridized carbons (Fsp3) is 0.278. The monoisotopic (exact) mass is 403 g/mol. The second-order valence-corrected chi connectivity index (χ2v) is 7.94. The van der Waals surface area contributed by atoms with Gasteiger partial charge < -0.3 is 0 Å². The summed E-state index contributed by atoms with van der Waals surface area (Å²) in [5, 5.41) is 16.6. The molecule has 1 N–H and O–H groups in total. The Bertz CT molecular complexity index is 1030. The molecule has 7 nitrogen and oxygen atoms in total. The Balaban J connectivity index is 1.88. The van der Waals surface area contributed by atoms with Crippen LogP contribution in [0.25, 0.3) is 5.69 Å². The predicted octanol–water partition coefficient (Wildman–Crippen LogP) is 3.50. The van der Waals surface area contributed by atoms with Crippen molar-refractivity contribution in [3.8, 4) is 5.69 Å². The molecule has 1 amide bonds. The lowest BCUT2D eigenvalue weighted by Crippen LogP contribution is -2.26. The van der Waals surface area contributed by atoms with Crippen molar-refractivity contribution in [2.75, 3.05) is 5.32 Å². The number of benzene rings is 1. The largest absolute Gasteiger partial charge is 0.295 e. The van der Waals surface area contributed by atoms with Gasteiger partial charge in [-0.2, -0.15) is 5.10 Å². The zero-order valence-corrected chi connectivity index (χ0v) is 16.6. The molecule has 0 saturated heterocycles. The van der Waals surface area contributed by atoms with Crippen LogP contribution < -0.4 is 10.7 Å². The Morgan fingerprint density at radius 1 is 1.26 bits per heavy atom. The number of aryl methyl sites for hydroxylation is 1. The van der Waals surface area contributed by atoms with Gasteiger partial charge in [-0.1, -0.05) is 36.8 Å². The van der Waals surface area contributed by atoms with Gasteiger partial charge in [-0.15, -0.1) is 10.2 Å². The maximum absolute atomic E-state index is 12.5. The molecule has 3 aromatic rings. The molecular weight excluding hydrogens is 386 g/mol. The van der Waals surface area contributed by atoms with Crippen molar-refractivity contribution in [1.29, 1.82) is 0 Å². The SMILES string of the molecule is Cc1cc(=O)c(C(=O)Nc2nnc(CC(C)C)s2)nn1-c1ccc(Cl)cc1. The number of nitrogens with one attached hydrogen (secondary N) is 1. The van der Waals surface area contributed by atoms with Crippen LogP contribution in [0.2, 0.25) is 5.02 Å². The Morgan fingerprint density at radius 3 is 2.63 bits per heavy atom. The Labute approximate surface area is 165 Å². The highest BCUT2D eigenvalue weighted by atomic mass is 35.5. The number of carbonyl (C=O) groups is 1. The highest BCUT2D eigenvalue weighted by molar-refractivity contribution is 7.15. The Morgan fingerprint density at radius 2 is 1.96 bits per heavy atom. The number of anilines is 1. The molecule has 0 atom stereocenters. The minimum atomic E-state index is -0.616. The first-order chi connectivity index (χ1) is 12.8. The predicted molar refractivity (Wildman–Crippen MR) is 106 cm³/mol. The van der Waals surface area contributed by atoms with Crippen LogP contribution in [0.4, 0.5) is 5.13 Å². The zero-order chi connectivity index (χ0) is 19.6. The van der Waals surface area contributed by atoms with Crippen LogP contribution in [0.5, 0.6) is 0 Å². The highest BCUT2D eigenvalue weighted by Crippen LogP contribution is 2.19. The van der Waals surface area contributed by atoms with Crippen molar-refractivity contribution in [3.05, 3.63) is 62.0 Å². The lowest BCUT2D eigenvalue weighted by atomic mass is 10.1. The van der Waals surface area contributed by atoms with Crippen molar-refractivity contribution in [3.63, 3.8) is 0 Å². The van der Waals surface area contributed by atoms with Gasteiger partial charge in [-0.3, -0.25) is 14.9 Å². The lowest BCUT2D eigenvalue weighted by molar-refractivity contribution is 0.101. The number of halogens is 1. The van der Waals surface area contributed by atoms with Crippen LogP contribution >= 0.6 is 22.9 Å². The summed E-state index contributed by atoms with van der Waals surface area (Å²) in [6, 6.07) is 8.33. The number of hydrogen-bond donors (Lipinski definition) is 1. The maximum Gasteiger partial charge on any atom is 0.282 e. The summed E-state index contributed by atoms with van der Waals surface area (Å²) in [5.41, 5.74) is 0.633. The molecule has 2 heterocycles. The molecule has 140 valence electrons. The van der Waals surface area contributed by atoms with Crippen molar-refractivity contribution in [2.45, 2.75) is 27.2 Å². The van der Waals surface area contributed by atoms with E-state index in [-0.39, 0.29) is 5.69 Å². The minimum absolute atomic E-state index is 0.212. The molecule has 2 aromatic heterocycles. The number of carbonyl (C=O) groups excluding carboxylic acids is 1. The van der Waals surface area contributed by atoms with Crippen molar-refractivity contribution >= 4 is 34.0 Å². The molecule has 0 aliphatic carbocycles. The maximum atomic E-state index is 12.5. The number of aromatic nitrogens is 4. The fourth-order valence-corrected chi connectivity index (χ4v) is 3.51. The van der Waals surface area contributed by atoms with Gasteiger partial charge in [0, 0.05) is 23.2 Å². The summed E-state index contributed by atoms with van der Waals surface area (Å²) in [6.45, 7) is 5.90. The molecule has 0 aliphatic rings. The van der Waals surface area contributed by atoms with Crippen molar-refractivity contribution in [2.24, 2.45) is 5.92 Å². The Hall–Kier alpha value is -2.58. The van der Waals surface area contributed by atoms with Gasteiger partial charge in [0.15, 0.2) is 5.69 Å². The normalized spacial score (nSPS) is 11.0. The molecule has 0 unspecified atom stereocenters. The van der Waals surface area contributed by atoms with Gasteiger partial charge in [-0.25, -0.2) is 4.68 Å². The lowest BCUT2D eigenvalue weighted by Gasteiger charge is -2.11. The first-order valence-electron chi connectivity index (χ1n) is 8.34. The second-order valence-electron chi connectivity index (χ2n) is 6.44. The Kier molecular flexibility index (Phi) is 5.67. The quantitative estimate of drug-likeness (QED) is 0.704. The molecule has 27 heavy (non-hydrogen) atoms. The number of rotatable bonds is 5. The smallest absolute Gasteiger partial charge is 0.282 e. The molecule has 0 spiro atoms. The van der Waals surface area contributed by atoms with Gasteiger partial charge >= 0.3 is 0 Å². The van der Waals surface area contributed by atoms with E-state index in [2.05, 4.69) is 34.5 Å². The van der Waals surface area contributed by atoms with Gasteiger partial charge in [0.25, 0.3) is 5.91 Å². The number of nitrogens with zero attached hydrogens (tertiary/aromatic N) is 4. The van der Waals surface area contributed by atoms with Gasteiger partial charge in [0.1, 0.15) is 5.01 Å². The van der Waals surface area contributed by atoms with E-state index < -0.39 is 11.3 Å². The van der Waals surface area contributed by atoms with E-state index in [4.69, 9.17) is 11.6 Å². The third-order valence-electron chi connectivity index (χ3n) is 3.66. The molecule has 0 aliphatic heterocycles. The minimum Gasteiger partial charge on any atom is -0.295 e. The summed E-state index contributed by atoms with van der Waals surface area (Å²) in [6.07, 6.45) is 0.777. The van der Waals surface area contributed by atoms with Crippen molar-refractivity contribution < 1.29 is 4.79 Å². The number of hydrogen-bond acceptors (Lipinski definition) is 6. The van der Waals surface area contributed by atoms with Crippen LogP contribution in [-0.4, -0.2) is 25.9 Å². The van der Waals surface area contributed by atoms with Crippen LogP contribution in [0.1, 0.15) is 35.0 Å². The topological polar surface area (TPSA) is 89.8 Å². The molecule has 0 saturated carbocycles. The standard InChI is InChI=1S/C18H18ClN5O2S/c1-10(2)8-15-21-22-18(27-15)20-17(26)16-14(25)9-11(3)24(23-16)13-6-4-12(19)5-7-13/h4-7,9-10H,8H2,1-3H3,(H,20,22,26). The second kappa shape index (κ2) is 7.98. The van der Waals surface area contributed by atoms with E-state index in [9.17, 15) is 9.59 Å². The third-order valence-corrected chi connectivity index (χ3v) is 4.78. The molecule has 9 heteroatoms. The third kappa shape index (κ3) is 4.58. The summed E-state index contributed by atoms with van der Waals surface area (Å²) in [7, 11) is 0. The summed E-state index contributed by atoms with van der Waals surface area (Å²) < 4.78 is 1.52. The van der Waals surface area contributed by atoms with Crippen molar-refractivity contribution in [1.82, 2.24) is 20.0 Å². The van der Waals surface area contributed by atoms with E-state index in [1.165, 1.54) is 22.1 Å². The molecule has 0 radical (unpaired) electrons. The van der Waals surface area contributed by atoms with Crippen LogP contribution in [-0.2, 0) is 6.42 Å². The van der Waals surface area contributed by atoms with E-state index in [0.29, 0.717) is 27.5 Å². The zero-order valence-electron chi connectivity index (χ0n) is 15.1. The van der Waals surface area contributed by atoms with E-state index in [1.807, 2.05) is 0 Å². The molecule has 3 rings (SSSR count). The van der Waals surface area contributed by atoms with E-state index >= 15 is 0 Å². The number of amides is 1.